The molecule has 2 radical (unpaired) electrons. The van der Waals surface area contributed by atoms with Crippen LogP contribution in [-0.2, 0) is 4.79 Å². The third-order valence-electron chi connectivity index (χ3n) is 2.49. The molecule has 0 aromatic rings. The Bertz CT molecular complexity index is 160. The molecule has 1 aliphatic rings. The largest absolute Gasteiger partial charge is 0.299 e. The van der Waals surface area contributed by atoms with E-state index in [9.17, 15) is 9.18 Å². The van der Waals surface area contributed by atoms with Gasteiger partial charge >= 0.3 is 0 Å². The molecule has 1 saturated carbocycles. The minimum atomic E-state index is -0.931. The molecule has 1 nitrogen and oxygen atoms in total. The summed E-state index contributed by atoms with van der Waals surface area (Å²) < 4.78 is 12.9. The van der Waals surface area contributed by atoms with Gasteiger partial charge in [0.25, 0.3) is 0 Å². The highest BCUT2D eigenvalue weighted by Gasteiger charge is 2.38. The fourth-order valence-corrected chi connectivity index (χ4v) is 1.68. The highest BCUT2D eigenvalue weighted by molar-refractivity contribution is 6.08. The highest BCUT2D eigenvalue weighted by Crippen LogP contribution is 2.33. The molecule has 0 aromatic heterocycles. The predicted octanol–water partition coefficient (Wildman–Crippen LogP) is 1.53. The molecular formula is C8H12BFO. The Balaban J connectivity index is 2.56. The molecule has 1 aliphatic carbocycles. The van der Waals surface area contributed by atoms with E-state index in [1.165, 1.54) is 0 Å². The molecule has 0 N–H and O–H groups in total. The molecule has 0 amide bonds. The number of carbonyl (C=O) groups is 1. The summed E-state index contributed by atoms with van der Waals surface area (Å²) in [4.78, 5) is 11.1. The summed E-state index contributed by atoms with van der Waals surface area (Å²) in [6.07, 6.45) is 0.291. The molecule has 0 bridgehead atoms. The van der Waals surface area contributed by atoms with Gasteiger partial charge < -0.3 is 0 Å². The number of hydrogen-bond acceptors (Lipinski definition) is 1. The maximum atomic E-state index is 12.9. The molecule has 3 atom stereocenters. The summed E-state index contributed by atoms with van der Waals surface area (Å²) in [6.45, 7) is 1.79. The first-order chi connectivity index (χ1) is 5.16. The summed E-state index contributed by atoms with van der Waals surface area (Å²) in [5.41, 5.74) is 0. The Morgan fingerprint density at radius 1 is 1.73 bits per heavy atom. The van der Waals surface area contributed by atoms with Crippen LogP contribution in [0.1, 0.15) is 19.8 Å². The normalized spacial score (nSPS) is 38.0. The number of carbonyl (C=O) groups excluding carboxylic acids is 1. The number of alkyl halides is 1. The maximum Gasteiger partial charge on any atom is 0.139 e. The fourth-order valence-electron chi connectivity index (χ4n) is 1.68. The molecule has 11 heavy (non-hydrogen) atoms. The molecule has 0 aromatic carbocycles. The summed E-state index contributed by atoms with van der Waals surface area (Å²) in [7, 11) is 5.30. The zero-order chi connectivity index (χ0) is 8.43. The molecular weight excluding hydrogens is 142 g/mol. The number of ketones is 1. The zero-order valence-corrected chi connectivity index (χ0v) is 6.72. The van der Waals surface area contributed by atoms with Crippen LogP contribution < -0.4 is 0 Å². The highest BCUT2D eigenvalue weighted by atomic mass is 19.1. The Morgan fingerprint density at radius 3 is 2.73 bits per heavy atom. The molecule has 60 valence electrons. The van der Waals surface area contributed by atoms with Gasteiger partial charge in [0.05, 0.1) is 7.85 Å². The van der Waals surface area contributed by atoms with Crippen molar-refractivity contribution in [2.45, 2.75) is 32.3 Å². The third-order valence-corrected chi connectivity index (χ3v) is 2.49. The lowest BCUT2D eigenvalue weighted by Crippen LogP contribution is -2.14. The van der Waals surface area contributed by atoms with Gasteiger partial charge in [-0.25, -0.2) is 4.39 Å². The van der Waals surface area contributed by atoms with Crippen molar-refractivity contribution in [3.05, 3.63) is 0 Å². The van der Waals surface area contributed by atoms with Crippen LogP contribution in [0.2, 0.25) is 6.32 Å². The Morgan fingerprint density at radius 2 is 2.36 bits per heavy atom. The van der Waals surface area contributed by atoms with E-state index in [1.807, 2.05) is 0 Å². The number of halogens is 1. The van der Waals surface area contributed by atoms with Crippen molar-refractivity contribution in [3.8, 4) is 0 Å². The molecule has 1 fully saturated rings. The number of hydrogen-bond donors (Lipinski definition) is 0. The second-order valence-electron chi connectivity index (χ2n) is 3.23. The number of rotatable bonds is 2. The lowest BCUT2D eigenvalue weighted by atomic mass is 9.87. The molecule has 0 heterocycles. The van der Waals surface area contributed by atoms with Crippen LogP contribution in [0.15, 0.2) is 0 Å². The molecule has 1 rings (SSSR count). The molecule has 3 unspecified atom stereocenters. The summed E-state index contributed by atoms with van der Waals surface area (Å²) in [5.74, 6) is -0.184. The first-order valence-corrected chi connectivity index (χ1v) is 4.03. The van der Waals surface area contributed by atoms with Gasteiger partial charge in [0.15, 0.2) is 0 Å². The predicted molar refractivity (Wildman–Crippen MR) is 42.4 cm³/mol. The van der Waals surface area contributed by atoms with E-state index in [-0.39, 0.29) is 24.0 Å². The molecule has 0 saturated heterocycles. The second-order valence-corrected chi connectivity index (χ2v) is 3.23. The van der Waals surface area contributed by atoms with E-state index in [4.69, 9.17) is 7.85 Å². The average molecular weight is 154 g/mol. The topological polar surface area (TPSA) is 17.1 Å². The van der Waals surface area contributed by atoms with Crippen molar-refractivity contribution in [1.82, 2.24) is 0 Å². The second kappa shape index (κ2) is 3.37. The van der Waals surface area contributed by atoms with Crippen molar-refractivity contribution in [2.24, 2.45) is 11.8 Å². The van der Waals surface area contributed by atoms with Crippen molar-refractivity contribution < 1.29 is 9.18 Å². The van der Waals surface area contributed by atoms with Crippen molar-refractivity contribution in [1.29, 1.82) is 0 Å². The van der Waals surface area contributed by atoms with Gasteiger partial charge in [-0.3, -0.25) is 4.79 Å². The Labute approximate surface area is 67.8 Å². The first-order valence-electron chi connectivity index (χ1n) is 4.03. The van der Waals surface area contributed by atoms with Crippen molar-refractivity contribution in [2.75, 3.05) is 0 Å². The minimum absolute atomic E-state index is 0.0513. The lowest BCUT2D eigenvalue weighted by Gasteiger charge is -2.13. The summed E-state index contributed by atoms with van der Waals surface area (Å²) in [6, 6.07) is 0. The maximum absolute atomic E-state index is 12.9. The lowest BCUT2D eigenvalue weighted by molar-refractivity contribution is -0.121. The van der Waals surface area contributed by atoms with Crippen LogP contribution in [0.4, 0.5) is 4.39 Å². The van der Waals surface area contributed by atoms with Gasteiger partial charge in [-0.05, 0) is 5.92 Å². The van der Waals surface area contributed by atoms with E-state index < -0.39 is 6.17 Å². The zero-order valence-electron chi connectivity index (χ0n) is 6.72. The van der Waals surface area contributed by atoms with E-state index >= 15 is 0 Å². The molecule has 0 aliphatic heterocycles. The third kappa shape index (κ3) is 1.63. The minimum Gasteiger partial charge on any atom is -0.299 e. The van der Waals surface area contributed by atoms with Gasteiger partial charge in [0, 0.05) is 12.3 Å². The Hall–Kier alpha value is -0.335. The van der Waals surface area contributed by atoms with Crippen LogP contribution in [0.25, 0.3) is 0 Å². The van der Waals surface area contributed by atoms with Crippen molar-refractivity contribution >= 4 is 13.6 Å². The van der Waals surface area contributed by atoms with E-state index in [0.717, 1.165) is 0 Å². The van der Waals surface area contributed by atoms with Crippen LogP contribution >= 0.6 is 0 Å². The molecule has 0 spiro atoms. The summed E-state index contributed by atoms with van der Waals surface area (Å²) in [5, 5.41) is 0. The SMILES string of the molecule is [B]CCC1C(=O)CC(F)C1C. The van der Waals surface area contributed by atoms with Gasteiger partial charge in [0.1, 0.15) is 12.0 Å². The quantitative estimate of drug-likeness (QED) is 0.551. The van der Waals surface area contributed by atoms with E-state index in [0.29, 0.717) is 12.7 Å². The summed E-state index contributed by atoms with van der Waals surface area (Å²) >= 11 is 0. The monoisotopic (exact) mass is 154 g/mol. The van der Waals surface area contributed by atoms with Gasteiger partial charge in [-0.1, -0.05) is 19.7 Å². The average Bonchev–Trinajstić information content (AvgIpc) is 2.17. The van der Waals surface area contributed by atoms with Gasteiger partial charge in [-0.2, -0.15) is 0 Å². The van der Waals surface area contributed by atoms with E-state index in [2.05, 4.69) is 0 Å². The van der Waals surface area contributed by atoms with E-state index in [1.54, 1.807) is 6.92 Å². The fraction of sp³-hybridized carbons (Fsp3) is 0.875. The standard InChI is InChI=1S/C8H12BFO/c1-5-6(2-3-9)8(11)4-7(5)10/h5-7H,2-4H2,1H3. The van der Waals surface area contributed by atoms with Crippen LogP contribution in [-0.4, -0.2) is 19.8 Å². The van der Waals surface area contributed by atoms with Crippen LogP contribution in [0.3, 0.4) is 0 Å². The first kappa shape index (κ1) is 8.76. The van der Waals surface area contributed by atoms with Crippen molar-refractivity contribution in [3.63, 3.8) is 0 Å². The smallest absolute Gasteiger partial charge is 0.139 e. The number of Topliss-reactive ketones (excluding diaryl/α,β-unsaturated/α-hetero) is 1. The van der Waals surface area contributed by atoms with Crippen LogP contribution in [0, 0.1) is 11.8 Å². The molecule has 3 heteroatoms. The van der Waals surface area contributed by atoms with Gasteiger partial charge in [-0.15, -0.1) is 0 Å². The van der Waals surface area contributed by atoms with Crippen LogP contribution in [0.5, 0.6) is 0 Å². The Kier molecular flexibility index (Phi) is 2.69. The van der Waals surface area contributed by atoms with Gasteiger partial charge in [0.2, 0.25) is 0 Å².